The van der Waals surface area contributed by atoms with Gasteiger partial charge in [-0.2, -0.15) is 0 Å². The summed E-state index contributed by atoms with van der Waals surface area (Å²) in [5.41, 5.74) is 11.5. The monoisotopic (exact) mass is 240 g/mol. The number of hydrogen-bond donors (Lipinski definition) is 2. The zero-order chi connectivity index (χ0) is 11.7. The fourth-order valence-electron chi connectivity index (χ4n) is 1.99. The number of pyridine rings is 1. The quantitative estimate of drug-likeness (QED) is 0.748. The number of anilines is 2. The SMILES string of the molecule is NC(=O)C1CCCN1c1cc(N)cc(Cl)n1. The van der Waals surface area contributed by atoms with E-state index in [-0.39, 0.29) is 11.9 Å². The molecule has 86 valence electrons. The lowest BCUT2D eigenvalue weighted by molar-refractivity contribution is -0.119. The molecule has 0 aromatic carbocycles. The lowest BCUT2D eigenvalue weighted by Crippen LogP contribution is -2.40. The van der Waals surface area contributed by atoms with Crippen molar-refractivity contribution in [2.45, 2.75) is 18.9 Å². The standard InChI is InChI=1S/C10H13ClN4O/c11-8-4-6(12)5-9(14-8)15-3-1-2-7(15)10(13)16/h4-5,7H,1-3H2,(H2,12,14)(H2,13,16). The highest BCUT2D eigenvalue weighted by atomic mass is 35.5. The molecule has 1 aliphatic rings. The summed E-state index contributed by atoms with van der Waals surface area (Å²) in [6.07, 6.45) is 1.67. The molecular weight excluding hydrogens is 228 g/mol. The van der Waals surface area contributed by atoms with Crippen LogP contribution in [0.3, 0.4) is 0 Å². The number of rotatable bonds is 2. The van der Waals surface area contributed by atoms with Crippen molar-refractivity contribution in [3.8, 4) is 0 Å². The normalized spacial score (nSPS) is 20.1. The molecule has 0 bridgehead atoms. The van der Waals surface area contributed by atoms with Crippen LogP contribution in [0.4, 0.5) is 11.5 Å². The molecule has 1 aromatic rings. The van der Waals surface area contributed by atoms with Crippen LogP contribution in [-0.2, 0) is 4.79 Å². The minimum Gasteiger partial charge on any atom is -0.399 e. The molecule has 4 N–H and O–H groups in total. The molecule has 1 unspecified atom stereocenters. The zero-order valence-corrected chi connectivity index (χ0v) is 9.44. The molecule has 5 nitrogen and oxygen atoms in total. The topological polar surface area (TPSA) is 85.2 Å². The number of primary amides is 1. The fraction of sp³-hybridized carbons (Fsp3) is 0.400. The lowest BCUT2D eigenvalue weighted by Gasteiger charge is -2.23. The van der Waals surface area contributed by atoms with Crippen LogP contribution in [0.15, 0.2) is 12.1 Å². The number of nitrogens with two attached hydrogens (primary N) is 2. The van der Waals surface area contributed by atoms with E-state index in [2.05, 4.69) is 4.98 Å². The first-order valence-electron chi connectivity index (χ1n) is 5.07. The van der Waals surface area contributed by atoms with Gasteiger partial charge >= 0.3 is 0 Å². The van der Waals surface area contributed by atoms with E-state index in [0.29, 0.717) is 16.7 Å². The van der Waals surface area contributed by atoms with Crippen molar-refractivity contribution in [3.05, 3.63) is 17.3 Å². The van der Waals surface area contributed by atoms with Crippen molar-refractivity contribution in [1.82, 2.24) is 4.98 Å². The molecule has 2 heterocycles. The van der Waals surface area contributed by atoms with Gasteiger partial charge in [-0.1, -0.05) is 11.6 Å². The second-order valence-electron chi connectivity index (χ2n) is 3.84. The number of nitrogen functional groups attached to an aromatic ring is 1. The summed E-state index contributed by atoms with van der Waals surface area (Å²) in [5, 5.41) is 0.324. The van der Waals surface area contributed by atoms with E-state index < -0.39 is 0 Å². The van der Waals surface area contributed by atoms with Crippen LogP contribution >= 0.6 is 11.6 Å². The smallest absolute Gasteiger partial charge is 0.240 e. The largest absolute Gasteiger partial charge is 0.399 e. The summed E-state index contributed by atoms with van der Waals surface area (Å²) in [4.78, 5) is 17.2. The van der Waals surface area contributed by atoms with Gasteiger partial charge < -0.3 is 16.4 Å². The Balaban J connectivity index is 2.32. The van der Waals surface area contributed by atoms with Crippen LogP contribution in [0.2, 0.25) is 5.15 Å². The summed E-state index contributed by atoms with van der Waals surface area (Å²) in [6.45, 7) is 0.750. The molecular formula is C10H13ClN4O. The summed E-state index contributed by atoms with van der Waals surface area (Å²) in [7, 11) is 0. The number of carbonyl (C=O) groups is 1. The van der Waals surface area contributed by atoms with Crippen LogP contribution in [0.1, 0.15) is 12.8 Å². The Morgan fingerprint density at radius 1 is 1.56 bits per heavy atom. The number of amides is 1. The summed E-state index contributed by atoms with van der Waals surface area (Å²) < 4.78 is 0. The van der Waals surface area contributed by atoms with Crippen molar-refractivity contribution >= 4 is 29.0 Å². The molecule has 1 aromatic heterocycles. The van der Waals surface area contributed by atoms with Crippen LogP contribution in [0, 0.1) is 0 Å². The van der Waals surface area contributed by atoms with Crippen LogP contribution < -0.4 is 16.4 Å². The predicted octanol–water partition coefficient (Wildman–Crippen LogP) is 0.771. The van der Waals surface area contributed by atoms with Crippen molar-refractivity contribution in [1.29, 1.82) is 0 Å². The summed E-state index contributed by atoms with van der Waals surface area (Å²) >= 11 is 5.82. The first-order chi connectivity index (χ1) is 7.58. The minimum atomic E-state index is -0.335. The number of hydrogen-bond acceptors (Lipinski definition) is 4. The van der Waals surface area contributed by atoms with Crippen LogP contribution in [0.5, 0.6) is 0 Å². The maximum atomic E-state index is 11.2. The first-order valence-corrected chi connectivity index (χ1v) is 5.45. The van der Waals surface area contributed by atoms with Gasteiger partial charge in [-0.15, -0.1) is 0 Å². The molecule has 0 spiro atoms. The second kappa shape index (κ2) is 4.17. The van der Waals surface area contributed by atoms with Gasteiger partial charge in [-0.05, 0) is 18.9 Å². The number of aromatic nitrogens is 1. The van der Waals surface area contributed by atoms with Gasteiger partial charge in [-0.3, -0.25) is 4.79 Å². The fourth-order valence-corrected chi connectivity index (χ4v) is 2.20. The lowest BCUT2D eigenvalue weighted by atomic mass is 10.2. The van der Waals surface area contributed by atoms with Crippen LogP contribution in [-0.4, -0.2) is 23.5 Å². The molecule has 1 fully saturated rings. The molecule has 0 radical (unpaired) electrons. The van der Waals surface area contributed by atoms with Gasteiger partial charge in [0, 0.05) is 18.3 Å². The Hall–Kier alpha value is -1.49. The Morgan fingerprint density at radius 2 is 2.31 bits per heavy atom. The van der Waals surface area contributed by atoms with E-state index in [1.165, 1.54) is 0 Å². The highest BCUT2D eigenvalue weighted by molar-refractivity contribution is 6.29. The highest BCUT2D eigenvalue weighted by Gasteiger charge is 2.30. The number of carbonyl (C=O) groups excluding carboxylic acids is 1. The van der Waals surface area contributed by atoms with Crippen molar-refractivity contribution in [2.24, 2.45) is 5.73 Å². The van der Waals surface area contributed by atoms with Gasteiger partial charge in [0.25, 0.3) is 0 Å². The summed E-state index contributed by atoms with van der Waals surface area (Å²) in [6, 6.07) is 2.97. The molecule has 16 heavy (non-hydrogen) atoms. The van der Waals surface area contributed by atoms with Gasteiger partial charge in [0.05, 0.1) is 0 Å². The summed E-state index contributed by atoms with van der Waals surface area (Å²) in [5.74, 6) is 0.282. The van der Waals surface area contributed by atoms with E-state index >= 15 is 0 Å². The molecule has 1 amide bonds. The van der Waals surface area contributed by atoms with Crippen molar-refractivity contribution in [3.63, 3.8) is 0 Å². The molecule has 0 aliphatic carbocycles. The third kappa shape index (κ3) is 2.04. The van der Waals surface area contributed by atoms with E-state index in [4.69, 9.17) is 23.1 Å². The predicted molar refractivity (Wildman–Crippen MR) is 63.2 cm³/mol. The Bertz CT molecular complexity index is 403. The second-order valence-corrected chi connectivity index (χ2v) is 4.22. The van der Waals surface area contributed by atoms with Crippen LogP contribution in [0.25, 0.3) is 0 Å². The van der Waals surface area contributed by atoms with E-state index in [9.17, 15) is 4.79 Å². The maximum Gasteiger partial charge on any atom is 0.240 e. The van der Waals surface area contributed by atoms with Crippen molar-refractivity contribution in [2.75, 3.05) is 17.2 Å². The van der Waals surface area contributed by atoms with Gasteiger partial charge in [-0.25, -0.2) is 4.98 Å². The van der Waals surface area contributed by atoms with Gasteiger partial charge in [0.2, 0.25) is 5.91 Å². The third-order valence-corrected chi connectivity index (χ3v) is 2.87. The maximum absolute atomic E-state index is 11.2. The Kier molecular flexibility index (Phi) is 2.87. The van der Waals surface area contributed by atoms with E-state index in [1.54, 1.807) is 12.1 Å². The molecule has 0 saturated carbocycles. The molecule has 1 saturated heterocycles. The van der Waals surface area contributed by atoms with E-state index in [1.807, 2.05) is 4.90 Å². The van der Waals surface area contributed by atoms with Gasteiger partial charge in [0.1, 0.15) is 17.0 Å². The number of nitrogens with zero attached hydrogens (tertiary/aromatic N) is 2. The molecule has 2 rings (SSSR count). The Morgan fingerprint density at radius 3 is 2.94 bits per heavy atom. The first kappa shape index (κ1) is 11.0. The van der Waals surface area contributed by atoms with Crippen molar-refractivity contribution < 1.29 is 4.79 Å². The zero-order valence-electron chi connectivity index (χ0n) is 8.69. The minimum absolute atomic E-state index is 0.301. The van der Waals surface area contributed by atoms with Gasteiger partial charge in [0.15, 0.2) is 0 Å². The van der Waals surface area contributed by atoms with E-state index in [0.717, 1.165) is 19.4 Å². The molecule has 6 heteroatoms. The molecule has 1 atom stereocenters. The number of halogens is 1. The average molecular weight is 241 g/mol. The average Bonchev–Trinajstić information content (AvgIpc) is 2.63. The Labute approximate surface area is 98.4 Å². The molecule has 1 aliphatic heterocycles. The third-order valence-electron chi connectivity index (χ3n) is 2.68. The highest BCUT2D eigenvalue weighted by Crippen LogP contribution is 2.26.